The number of nitrogens with one attached hydrogen (secondary N) is 2. The minimum Gasteiger partial charge on any atom is -0.496 e. The van der Waals surface area contributed by atoms with Crippen LogP contribution in [0.3, 0.4) is 0 Å². The molecule has 0 saturated carbocycles. The standard InChI is InChI=1S/C23H24N2O6S/c1-29-21-9-6-10-22(30-2)20(21)15-24-23(26)16-31-18-11-13-19(14-12-18)32(27,28)25-17-7-4-3-5-8-17/h3-14,25H,15-16H2,1-2H3,(H,24,26). The Bertz CT molecular complexity index is 1130. The molecule has 8 nitrogen and oxygen atoms in total. The summed E-state index contributed by atoms with van der Waals surface area (Å²) in [5.74, 6) is 1.23. The summed E-state index contributed by atoms with van der Waals surface area (Å²) in [6.07, 6.45) is 0. The van der Waals surface area contributed by atoms with E-state index in [1.807, 2.05) is 0 Å². The maximum atomic E-state index is 12.5. The second-order valence-corrected chi connectivity index (χ2v) is 8.33. The van der Waals surface area contributed by atoms with Crippen molar-refractivity contribution in [2.75, 3.05) is 25.5 Å². The van der Waals surface area contributed by atoms with Crippen LogP contribution < -0.4 is 24.2 Å². The number of benzene rings is 3. The van der Waals surface area contributed by atoms with Crippen LogP contribution in [0.4, 0.5) is 5.69 Å². The number of ether oxygens (including phenoxy) is 3. The molecule has 2 N–H and O–H groups in total. The molecule has 0 saturated heterocycles. The van der Waals surface area contributed by atoms with Crippen molar-refractivity contribution in [1.29, 1.82) is 0 Å². The smallest absolute Gasteiger partial charge is 0.261 e. The SMILES string of the molecule is COc1cccc(OC)c1CNC(=O)COc1ccc(S(=O)(=O)Nc2ccccc2)cc1. The van der Waals surface area contributed by atoms with Gasteiger partial charge in [0.1, 0.15) is 17.2 Å². The summed E-state index contributed by atoms with van der Waals surface area (Å²) in [6, 6.07) is 19.8. The Morgan fingerprint density at radius 3 is 2.06 bits per heavy atom. The molecule has 0 aliphatic heterocycles. The molecule has 9 heteroatoms. The summed E-state index contributed by atoms with van der Waals surface area (Å²) in [4.78, 5) is 12.3. The first-order valence-electron chi connectivity index (χ1n) is 9.70. The van der Waals surface area contributed by atoms with Crippen LogP contribution in [0.5, 0.6) is 17.2 Å². The normalized spacial score (nSPS) is 10.8. The van der Waals surface area contributed by atoms with E-state index in [4.69, 9.17) is 14.2 Å². The molecular weight excluding hydrogens is 432 g/mol. The van der Waals surface area contributed by atoms with E-state index in [1.165, 1.54) is 24.3 Å². The first kappa shape index (κ1) is 23.0. The zero-order valence-electron chi connectivity index (χ0n) is 17.7. The molecule has 0 fully saturated rings. The lowest BCUT2D eigenvalue weighted by Crippen LogP contribution is -2.28. The molecule has 0 heterocycles. The minimum atomic E-state index is -3.72. The highest BCUT2D eigenvalue weighted by Gasteiger charge is 2.15. The average Bonchev–Trinajstić information content (AvgIpc) is 2.81. The number of carbonyl (C=O) groups excluding carboxylic acids is 1. The van der Waals surface area contributed by atoms with Crippen molar-refractivity contribution in [1.82, 2.24) is 5.32 Å². The third-order valence-electron chi connectivity index (χ3n) is 4.52. The van der Waals surface area contributed by atoms with Crippen LogP contribution in [-0.4, -0.2) is 35.2 Å². The van der Waals surface area contributed by atoms with Gasteiger partial charge in [0.2, 0.25) is 0 Å². The Hall–Kier alpha value is -3.72. The quantitative estimate of drug-likeness (QED) is 0.486. The molecule has 3 aromatic carbocycles. The number of rotatable bonds is 10. The fourth-order valence-corrected chi connectivity index (χ4v) is 3.98. The van der Waals surface area contributed by atoms with E-state index in [0.717, 1.165) is 0 Å². The molecule has 0 aliphatic carbocycles. The van der Waals surface area contributed by atoms with Gasteiger partial charge < -0.3 is 19.5 Å². The maximum absolute atomic E-state index is 12.5. The van der Waals surface area contributed by atoms with Gasteiger partial charge in [0.15, 0.2) is 6.61 Å². The van der Waals surface area contributed by atoms with E-state index in [1.54, 1.807) is 62.8 Å². The van der Waals surface area contributed by atoms with Gasteiger partial charge in [-0.15, -0.1) is 0 Å². The number of hydrogen-bond donors (Lipinski definition) is 2. The highest BCUT2D eigenvalue weighted by Crippen LogP contribution is 2.27. The monoisotopic (exact) mass is 456 g/mol. The van der Waals surface area contributed by atoms with Crippen LogP contribution in [0.2, 0.25) is 0 Å². The number of methoxy groups -OCH3 is 2. The van der Waals surface area contributed by atoms with Crippen LogP contribution >= 0.6 is 0 Å². The van der Waals surface area contributed by atoms with E-state index in [9.17, 15) is 13.2 Å². The summed E-state index contributed by atoms with van der Waals surface area (Å²) in [5, 5.41) is 2.75. The molecule has 0 unspecified atom stereocenters. The number of sulfonamides is 1. The molecule has 32 heavy (non-hydrogen) atoms. The first-order chi connectivity index (χ1) is 15.4. The molecule has 0 atom stereocenters. The van der Waals surface area contributed by atoms with Crippen molar-refractivity contribution in [2.45, 2.75) is 11.4 Å². The molecular formula is C23H24N2O6S. The molecule has 168 valence electrons. The van der Waals surface area contributed by atoms with Crippen LogP contribution in [-0.2, 0) is 21.4 Å². The molecule has 3 rings (SSSR count). The second kappa shape index (κ2) is 10.5. The van der Waals surface area contributed by atoms with E-state index < -0.39 is 10.0 Å². The van der Waals surface area contributed by atoms with Crippen molar-refractivity contribution in [3.05, 3.63) is 78.4 Å². The van der Waals surface area contributed by atoms with E-state index in [0.29, 0.717) is 28.5 Å². The predicted octanol–water partition coefficient (Wildman–Crippen LogP) is 3.20. The van der Waals surface area contributed by atoms with Gasteiger partial charge in [-0.05, 0) is 48.5 Å². The maximum Gasteiger partial charge on any atom is 0.261 e. The summed E-state index contributed by atoms with van der Waals surface area (Å²) in [6.45, 7) is -0.0243. The summed E-state index contributed by atoms with van der Waals surface area (Å²) >= 11 is 0. The average molecular weight is 457 g/mol. The van der Waals surface area contributed by atoms with Crippen LogP contribution in [0.25, 0.3) is 0 Å². The van der Waals surface area contributed by atoms with E-state index in [2.05, 4.69) is 10.0 Å². The second-order valence-electron chi connectivity index (χ2n) is 6.65. The Balaban J connectivity index is 1.55. The lowest BCUT2D eigenvalue weighted by atomic mass is 10.1. The van der Waals surface area contributed by atoms with Crippen LogP contribution in [0, 0.1) is 0 Å². The largest absolute Gasteiger partial charge is 0.496 e. The van der Waals surface area contributed by atoms with Gasteiger partial charge in [0, 0.05) is 5.69 Å². The van der Waals surface area contributed by atoms with Crippen molar-refractivity contribution in [2.24, 2.45) is 0 Å². The number of amides is 1. The third kappa shape index (κ3) is 5.92. The van der Waals surface area contributed by atoms with Crippen molar-refractivity contribution >= 4 is 21.6 Å². The third-order valence-corrected chi connectivity index (χ3v) is 5.92. The molecule has 0 bridgehead atoms. The Morgan fingerprint density at radius 1 is 0.844 bits per heavy atom. The first-order valence-corrected chi connectivity index (χ1v) is 11.2. The minimum absolute atomic E-state index is 0.0847. The molecule has 0 aliphatic rings. The molecule has 3 aromatic rings. The van der Waals surface area contributed by atoms with Gasteiger partial charge in [0.05, 0.1) is 31.2 Å². The fourth-order valence-electron chi connectivity index (χ4n) is 2.92. The number of anilines is 1. The van der Waals surface area contributed by atoms with Crippen LogP contribution in [0.15, 0.2) is 77.7 Å². The Kier molecular flexibility index (Phi) is 7.56. The number of hydrogen-bond acceptors (Lipinski definition) is 6. The lowest BCUT2D eigenvalue weighted by molar-refractivity contribution is -0.123. The summed E-state index contributed by atoms with van der Waals surface area (Å²) < 4.78 is 43.5. The zero-order chi connectivity index (χ0) is 23.0. The number of para-hydroxylation sites is 1. The van der Waals surface area contributed by atoms with Crippen molar-refractivity contribution in [3.8, 4) is 17.2 Å². The topological polar surface area (TPSA) is 103 Å². The molecule has 0 aromatic heterocycles. The zero-order valence-corrected chi connectivity index (χ0v) is 18.5. The number of carbonyl (C=O) groups is 1. The molecule has 0 radical (unpaired) electrons. The lowest BCUT2D eigenvalue weighted by Gasteiger charge is -2.14. The van der Waals surface area contributed by atoms with Crippen molar-refractivity contribution < 1.29 is 27.4 Å². The van der Waals surface area contributed by atoms with Crippen LogP contribution in [0.1, 0.15) is 5.56 Å². The Morgan fingerprint density at radius 2 is 1.47 bits per heavy atom. The summed E-state index contributed by atoms with van der Waals surface area (Å²) in [7, 11) is -0.634. The van der Waals surface area contributed by atoms with Gasteiger partial charge in [0.25, 0.3) is 15.9 Å². The Labute approximate surface area is 187 Å². The van der Waals surface area contributed by atoms with Crippen molar-refractivity contribution in [3.63, 3.8) is 0 Å². The molecule has 1 amide bonds. The fraction of sp³-hybridized carbons (Fsp3) is 0.174. The van der Waals surface area contributed by atoms with Gasteiger partial charge >= 0.3 is 0 Å². The highest BCUT2D eigenvalue weighted by atomic mass is 32.2. The van der Waals surface area contributed by atoms with Gasteiger partial charge in [-0.2, -0.15) is 0 Å². The molecule has 0 spiro atoms. The highest BCUT2D eigenvalue weighted by molar-refractivity contribution is 7.92. The van der Waals surface area contributed by atoms with E-state index in [-0.39, 0.29) is 24.0 Å². The predicted molar refractivity (Wildman–Crippen MR) is 121 cm³/mol. The van der Waals surface area contributed by atoms with Gasteiger partial charge in [-0.3, -0.25) is 9.52 Å². The summed E-state index contributed by atoms with van der Waals surface area (Å²) in [5.41, 5.74) is 1.18. The van der Waals surface area contributed by atoms with E-state index >= 15 is 0 Å². The van der Waals surface area contributed by atoms with Gasteiger partial charge in [-0.25, -0.2) is 8.42 Å². The van der Waals surface area contributed by atoms with Gasteiger partial charge in [-0.1, -0.05) is 24.3 Å².